The van der Waals surface area contributed by atoms with E-state index in [9.17, 15) is 9.13 Å². The number of hydrogen-bond acceptors (Lipinski definition) is 3. The summed E-state index contributed by atoms with van der Waals surface area (Å²) in [5, 5.41) is 0. The van der Waals surface area contributed by atoms with E-state index in [0.29, 0.717) is 0 Å². The summed E-state index contributed by atoms with van der Waals surface area (Å²) in [6.07, 6.45) is 0. The average molecular weight is 268 g/mol. The van der Waals surface area contributed by atoms with E-state index in [-0.39, 0.29) is 94.1 Å². The van der Waals surface area contributed by atoms with Gasteiger partial charge in [-0.05, 0) is 0 Å². The first-order valence-corrected chi connectivity index (χ1v) is 4.59. The molecule has 0 radical (unpaired) electrons. The molecular formula is H9Na3O8P2. The van der Waals surface area contributed by atoms with Crippen molar-refractivity contribution in [3.05, 3.63) is 0 Å². The van der Waals surface area contributed by atoms with Crippen LogP contribution < -0.4 is 0 Å². The quantitative estimate of drug-likeness (QED) is 0.298. The third-order valence-electron chi connectivity index (χ3n) is 0.213. The topological polar surface area (TPSA) is 156 Å². The van der Waals surface area contributed by atoms with Crippen LogP contribution in [0.3, 0.4) is 0 Å². The zero-order chi connectivity index (χ0) is 7.71. The molecule has 13 heavy (non-hydrogen) atoms. The second kappa shape index (κ2) is 11.7. The summed E-state index contributed by atoms with van der Waals surface area (Å²) in [5.41, 5.74) is 0. The zero-order valence-corrected chi connectivity index (χ0v) is 6.20. The molecule has 0 heterocycles. The van der Waals surface area contributed by atoms with Crippen LogP contribution in [0, 0.1) is 0 Å². The summed E-state index contributed by atoms with van der Waals surface area (Å²) in [6.45, 7) is 0. The van der Waals surface area contributed by atoms with Crippen molar-refractivity contribution in [2.24, 2.45) is 0 Å². The average Bonchev–Trinajstić information content (AvgIpc) is 1.14. The van der Waals surface area contributed by atoms with Gasteiger partial charge >= 0.3 is 104 Å². The Morgan fingerprint density at radius 2 is 0.923 bits per heavy atom. The maximum atomic E-state index is 9.63. The fourth-order valence-corrected chi connectivity index (χ4v) is 1.25. The van der Waals surface area contributed by atoms with Gasteiger partial charge in [-0.25, -0.2) is 9.13 Å². The molecule has 0 aromatic rings. The summed E-state index contributed by atoms with van der Waals surface area (Å²) in [4.78, 5) is 31.0. The van der Waals surface area contributed by atoms with Crippen LogP contribution in [-0.4, -0.2) is 114 Å². The van der Waals surface area contributed by atoms with Crippen molar-refractivity contribution >= 4 is 104 Å². The molecule has 0 saturated carbocycles. The second-order valence-corrected chi connectivity index (χ2v) is 3.68. The van der Waals surface area contributed by atoms with Gasteiger partial charge in [0.25, 0.3) is 0 Å². The van der Waals surface area contributed by atoms with Crippen LogP contribution >= 0.6 is 15.6 Å². The van der Waals surface area contributed by atoms with Crippen LogP contribution in [0.1, 0.15) is 0 Å². The fraction of sp³-hybridized carbons (Fsp3) is 0. The van der Waals surface area contributed by atoms with Gasteiger partial charge in [0.2, 0.25) is 0 Å². The van der Waals surface area contributed by atoms with Crippen LogP contribution in [-0.2, 0) is 13.4 Å². The molecule has 0 aliphatic rings. The Bertz CT molecular complexity index is 158. The first-order valence-electron chi connectivity index (χ1n) is 1.53. The normalized spacial score (nSPS) is 9.54. The van der Waals surface area contributed by atoms with E-state index in [1.54, 1.807) is 0 Å². The number of phosphoric acid groups is 2. The Balaban J connectivity index is -0.0000000533. The molecule has 0 aliphatic carbocycles. The molecule has 0 aliphatic heterocycles. The van der Waals surface area contributed by atoms with Gasteiger partial charge in [-0.2, -0.15) is 4.31 Å². The Hall–Kier alpha value is 3.22. The van der Waals surface area contributed by atoms with Gasteiger partial charge < -0.3 is 25.0 Å². The zero-order valence-electron chi connectivity index (χ0n) is 4.41. The van der Waals surface area contributed by atoms with Gasteiger partial charge in [-0.15, -0.1) is 0 Å². The monoisotopic (exact) mass is 268 g/mol. The fourth-order valence-electron chi connectivity index (χ4n) is 0.139. The van der Waals surface area contributed by atoms with Crippen molar-refractivity contribution in [3.8, 4) is 0 Å². The molecule has 0 amide bonds. The van der Waals surface area contributed by atoms with Crippen LogP contribution in [0.2, 0.25) is 0 Å². The Morgan fingerprint density at radius 1 is 0.769 bits per heavy atom. The first-order chi connectivity index (χ1) is 3.71. The molecule has 8 nitrogen and oxygen atoms in total. The van der Waals surface area contributed by atoms with Crippen LogP contribution in [0.15, 0.2) is 0 Å². The summed E-state index contributed by atoms with van der Waals surface area (Å²) in [7, 11) is -10.1. The predicted molar refractivity (Wildman–Crippen MR) is 50.2 cm³/mol. The number of hydrogen-bond donors (Lipinski definition) is 4. The molecule has 13 heteroatoms. The van der Waals surface area contributed by atoms with Crippen molar-refractivity contribution in [1.82, 2.24) is 0 Å². The molecule has 0 fully saturated rings. The van der Waals surface area contributed by atoms with Gasteiger partial charge in [0.15, 0.2) is 0 Å². The van der Waals surface area contributed by atoms with Crippen LogP contribution in [0.25, 0.3) is 0 Å². The minimum atomic E-state index is -5.05. The van der Waals surface area contributed by atoms with E-state index in [0.717, 1.165) is 0 Å². The third-order valence-corrected chi connectivity index (χ3v) is 1.91. The van der Waals surface area contributed by atoms with Crippen molar-refractivity contribution in [3.63, 3.8) is 0 Å². The molecule has 0 bridgehead atoms. The van der Waals surface area contributed by atoms with Crippen LogP contribution in [0.5, 0.6) is 0 Å². The molecule has 0 spiro atoms. The molecule has 0 unspecified atom stereocenters. The molecular weight excluding hydrogens is 259 g/mol. The molecule has 6 N–H and O–H groups in total. The van der Waals surface area contributed by atoms with Gasteiger partial charge in [-0.3, -0.25) is 0 Å². The molecule has 0 saturated heterocycles. The van der Waals surface area contributed by atoms with Gasteiger partial charge in [-0.1, -0.05) is 0 Å². The summed E-state index contributed by atoms with van der Waals surface area (Å²) < 4.78 is 22.2. The molecule has 70 valence electrons. The van der Waals surface area contributed by atoms with Crippen molar-refractivity contribution < 1.29 is 38.5 Å². The minimum absolute atomic E-state index is 0. The third kappa shape index (κ3) is 31.3. The van der Waals surface area contributed by atoms with Gasteiger partial charge in [0, 0.05) is 0 Å². The standard InChI is InChI=1S/3Na.H4O7P2.H2O.3H/c;;;1-8(2,3)7-9(4,5)6;;;;/h;;;(H2,1,2,3)(H2,4,5,6);1H2;;;. The van der Waals surface area contributed by atoms with Crippen molar-refractivity contribution in [2.45, 2.75) is 0 Å². The number of rotatable bonds is 2. The molecule has 0 atom stereocenters. The van der Waals surface area contributed by atoms with Crippen LogP contribution in [0.4, 0.5) is 0 Å². The summed E-state index contributed by atoms with van der Waals surface area (Å²) >= 11 is 0. The van der Waals surface area contributed by atoms with E-state index in [1.807, 2.05) is 0 Å². The van der Waals surface area contributed by atoms with Crippen molar-refractivity contribution in [2.75, 3.05) is 0 Å². The predicted octanol–water partition coefficient (Wildman–Crippen LogP) is -3.58. The van der Waals surface area contributed by atoms with E-state index in [4.69, 9.17) is 19.6 Å². The van der Waals surface area contributed by atoms with E-state index >= 15 is 0 Å². The van der Waals surface area contributed by atoms with Gasteiger partial charge in [0.05, 0.1) is 0 Å². The van der Waals surface area contributed by atoms with Crippen molar-refractivity contribution in [1.29, 1.82) is 0 Å². The summed E-state index contributed by atoms with van der Waals surface area (Å²) in [5.74, 6) is 0. The molecule has 0 rings (SSSR count). The summed E-state index contributed by atoms with van der Waals surface area (Å²) in [6, 6.07) is 0. The van der Waals surface area contributed by atoms with E-state index in [1.165, 1.54) is 0 Å². The molecule has 0 aromatic heterocycles. The van der Waals surface area contributed by atoms with E-state index < -0.39 is 15.6 Å². The Kier molecular flexibility index (Phi) is 26.9. The SMILES string of the molecule is O.O=P(O)(O)OP(=O)(O)O.[NaH].[NaH].[NaH]. The maximum absolute atomic E-state index is 9.63. The Morgan fingerprint density at radius 3 is 0.923 bits per heavy atom. The van der Waals surface area contributed by atoms with E-state index in [2.05, 4.69) is 4.31 Å². The second-order valence-electron chi connectivity index (χ2n) is 1.06. The molecule has 0 aromatic carbocycles. The Labute approximate surface area is 140 Å². The van der Waals surface area contributed by atoms with Gasteiger partial charge in [0.1, 0.15) is 0 Å². The first kappa shape index (κ1) is 29.8.